The Morgan fingerprint density at radius 1 is 1.47 bits per heavy atom. The molecular weight excluding hydrogens is 221 g/mol. The number of hydrogen-bond donors (Lipinski definition) is 1. The van der Waals surface area contributed by atoms with E-state index in [2.05, 4.69) is 0 Å². The highest BCUT2D eigenvalue weighted by molar-refractivity contribution is 5.88. The molecule has 1 aromatic rings. The number of nitrogens with zero attached hydrogens (tertiary/aromatic N) is 1. The second-order valence-corrected chi connectivity index (χ2v) is 4.70. The van der Waals surface area contributed by atoms with E-state index in [1.54, 1.807) is 0 Å². The van der Waals surface area contributed by atoms with Crippen molar-refractivity contribution < 1.29 is 14.3 Å². The highest BCUT2D eigenvalue weighted by Gasteiger charge is 2.24. The molecule has 1 rings (SSSR count). The van der Waals surface area contributed by atoms with Gasteiger partial charge in [-0.25, -0.2) is 9.18 Å². The van der Waals surface area contributed by atoms with Crippen molar-refractivity contribution in [2.75, 3.05) is 11.9 Å². The lowest BCUT2D eigenvalue weighted by Gasteiger charge is -2.37. The molecule has 0 saturated heterocycles. The third-order valence-electron chi connectivity index (χ3n) is 3.33. The summed E-state index contributed by atoms with van der Waals surface area (Å²) in [4.78, 5) is 12.5. The van der Waals surface area contributed by atoms with Crippen LogP contribution in [0.4, 0.5) is 10.1 Å². The van der Waals surface area contributed by atoms with E-state index in [4.69, 9.17) is 5.11 Å². The summed E-state index contributed by atoms with van der Waals surface area (Å²) in [5.41, 5.74) is 0.210. The predicted molar refractivity (Wildman–Crippen MR) is 66.1 cm³/mol. The Morgan fingerprint density at radius 2 is 2.06 bits per heavy atom. The van der Waals surface area contributed by atoms with E-state index in [0.717, 1.165) is 12.5 Å². The molecule has 1 aromatic carbocycles. The molecule has 0 aromatic heterocycles. The fraction of sp³-hybridized carbons (Fsp3) is 0.462. The van der Waals surface area contributed by atoms with Crippen molar-refractivity contribution in [1.82, 2.24) is 0 Å². The molecule has 0 unspecified atom stereocenters. The Morgan fingerprint density at radius 3 is 2.47 bits per heavy atom. The van der Waals surface area contributed by atoms with Gasteiger partial charge in [-0.1, -0.05) is 6.92 Å². The molecular formula is C13H18FNO2. The smallest absolute Gasteiger partial charge is 0.335 e. The van der Waals surface area contributed by atoms with Gasteiger partial charge in [0.1, 0.15) is 5.82 Å². The molecule has 0 bridgehead atoms. The summed E-state index contributed by atoms with van der Waals surface area (Å²) in [5, 5.41) is 8.76. The molecule has 94 valence electrons. The molecule has 3 nitrogen and oxygen atoms in total. The second-order valence-electron chi connectivity index (χ2n) is 4.70. The van der Waals surface area contributed by atoms with Gasteiger partial charge >= 0.3 is 5.97 Å². The van der Waals surface area contributed by atoms with E-state index in [0.29, 0.717) is 5.69 Å². The van der Waals surface area contributed by atoms with Crippen LogP contribution in [0.5, 0.6) is 0 Å². The maximum absolute atomic E-state index is 13.8. The summed E-state index contributed by atoms with van der Waals surface area (Å²) in [7, 11) is 1.81. The van der Waals surface area contributed by atoms with Gasteiger partial charge in [0.05, 0.1) is 11.3 Å². The molecule has 17 heavy (non-hydrogen) atoms. The fourth-order valence-electron chi connectivity index (χ4n) is 1.48. The molecule has 0 fully saturated rings. The number of rotatable bonds is 4. The molecule has 0 spiro atoms. The highest BCUT2D eigenvalue weighted by atomic mass is 19.1. The fourth-order valence-corrected chi connectivity index (χ4v) is 1.48. The molecule has 0 aliphatic rings. The van der Waals surface area contributed by atoms with Crippen LogP contribution in [0.25, 0.3) is 0 Å². The number of carbonyl (C=O) groups is 1. The standard InChI is InChI=1S/C13H18FNO2/c1-5-13(2,3)15(4)11-7-6-9(12(16)17)8-10(11)14/h6-8H,5H2,1-4H3,(H,16,17). The lowest BCUT2D eigenvalue weighted by Crippen LogP contribution is -2.41. The second kappa shape index (κ2) is 4.73. The van der Waals surface area contributed by atoms with Gasteiger partial charge in [-0.05, 0) is 38.5 Å². The van der Waals surface area contributed by atoms with Crippen LogP contribution in [-0.2, 0) is 0 Å². The lowest BCUT2D eigenvalue weighted by molar-refractivity contribution is 0.0696. The van der Waals surface area contributed by atoms with Gasteiger partial charge in [0, 0.05) is 12.6 Å². The average Bonchev–Trinajstić information content (AvgIpc) is 2.27. The minimum Gasteiger partial charge on any atom is -0.478 e. The van der Waals surface area contributed by atoms with Gasteiger partial charge in [-0.3, -0.25) is 0 Å². The summed E-state index contributed by atoms with van der Waals surface area (Å²) >= 11 is 0. The Kier molecular flexibility index (Phi) is 3.76. The molecule has 0 saturated carbocycles. The third-order valence-corrected chi connectivity index (χ3v) is 3.33. The maximum atomic E-state index is 13.8. The number of halogens is 1. The zero-order valence-corrected chi connectivity index (χ0v) is 10.6. The SMILES string of the molecule is CCC(C)(C)N(C)c1ccc(C(=O)O)cc1F. The van der Waals surface area contributed by atoms with Crippen molar-refractivity contribution in [2.24, 2.45) is 0 Å². The van der Waals surface area contributed by atoms with Gasteiger partial charge < -0.3 is 10.0 Å². The molecule has 0 aliphatic heterocycles. The zero-order chi connectivity index (χ0) is 13.2. The molecule has 1 N–H and O–H groups in total. The summed E-state index contributed by atoms with van der Waals surface area (Å²) in [6.45, 7) is 6.05. The van der Waals surface area contributed by atoms with Gasteiger partial charge in [0.2, 0.25) is 0 Å². The van der Waals surface area contributed by atoms with Crippen LogP contribution in [0.3, 0.4) is 0 Å². The van der Waals surface area contributed by atoms with Crippen LogP contribution in [0.2, 0.25) is 0 Å². The van der Waals surface area contributed by atoms with Gasteiger partial charge in [0.15, 0.2) is 0 Å². The van der Waals surface area contributed by atoms with E-state index in [1.165, 1.54) is 12.1 Å². The van der Waals surface area contributed by atoms with Gasteiger partial charge in [-0.2, -0.15) is 0 Å². The molecule has 0 aliphatic carbocycles. The summed E-state index contributed by atoms with van der Waals surface area (Å²) < 4.78 is 13.8. The number of hydrogen-bond acceptors (Lipinski definition) is 2. The van der Waals surface area contributed by atoms with Crippen LogP contribution in [0, 0.1) is 5.82 Å². The number of anilines is 1. The van der Waals surface area contributed by atoms with Crippen molar-refractivity contribution in [3.8, 4) is 0 Å². The predicted octanol–water partition coefficient (Wildman–Crippen LogP) is 3.15. The van der Waals surface area contributed by atoms with Crippen LogP contribution in [0.15, 0.2) is 18.2 Å². The lowest BCUT2D eigenvalue weighted by atomic mass is 9.99. The minimum absolute atomic E-state index is 0.0334. The topological polar surface area (TPSA) is 40.5 Å². The normalized spacial score (nSPS) is 11.4. The molecule has 0 radical (unpaired) electrons. The van der Waals surface area contributed by atoms with E-state index in [1.807, 2.05) is 32.7 Å². The summed E-state index contributed by atoms with van der Waals surface area (Å²) in [5.74, 6) is -1.62. The van der Waals surface area contributed by atoms with E-state index in [-0.39, 0.29) is 11.1 Å². The summed E-state index contributed by atoms with van der Waals surface area (Å²) in [6.07, 6.45) is 0.865. The van der Waals surface area contributed by atoms with Crippen molar-refractivity contribution in [2.45, 2.75) is 32.7 Å². The number of aromatic carboxylic acids is 1. The molecule has 0 heterocycles. The number of carboxylic acid groups (broad SMARTS) is 1. The minimum atomic E-state index is -1.12. The molecule has 4 heteroatoms. The molecule has 0 atom stereocenters. The first-order chi connectivity index (χ1) is 7.79. The Bertz CT molecular complexity index is 429. The summed E-state index contributed by atoms with van der Waals surface area (Å²) in [6, 6.07) is 3.99. The van der Waals surface area contributed by atoms with Crippen molar-refractivity contribution >= 4 is 11.7 Å². The highest BCUT2D eigenvalue weighted by Crippen LogP contribution is 2.27. The van der Waals surface area contributed by atoms with E-state index in [9.17, 15) is 9.18 Å². The van der Waals surface area contributed by atoms with Crippen molar-refractivity contribution in [1.29, 1.82) is 0 Å². The maximum Gasteiger partial charge on any atom is 0.335 e. The zero-order valence-electron chi connectivity index (χ0n) is 10.6. The first kappa shape index (κ1) is 13.5. The average molecular weight is 239 g/mol. The molecule has 0 amide bonds. The first-order valence-corrected chi connectivity index (χ1v) is 5.56. The van der Waals surface area contributed by atoms with Gasteiger partial charge in [-0.15, -0.1) is 0 Å². The number of benzene rings is 1. The van der Waals surface area contributed by atoms with Crippen LogP contribution in [0.1, 0.15) is 37.6 Å². The van der Waals surface area contributed by atoms with Crippen LogP contribution >= 0.6 is 0 Å². The third kappa shape index (κ3) is 2.75. The Labute approximate surface area is 101 Å². The Balaban J connectivity index is 3.12. The van der Waals surface area contributed by atoms with Gasteiger partial charge in [0.25, 0.3) is 0 Å². The van der Waals surface area contributed by atoms with E-state index >= 15 is 0 Å². The Hall–Kier alpha value is -1.58. The van der Waals surface area contributed by atoms with Crippen LogP contribution < -0.4 is 4.90 Å². The quantitative estimate of drug-likeness (QED) is 0.877. The monoisotopic (exact) mass is 239 g/mol. The number of carboxylic acids is 1. The van der Waals surface area contributed by atoms with Crippen LogP contribution in [-0.4, -0.2) is 23.7 Å². The van der Waals surface area contributed by atoms with E-state index < -0.39 is 11.8 Å². The largest absolute Gasteiger partial charge is 0.478 e. The first-order valence-electron chi connectivity index (χ1n) is 5.56. The van der Waals surface area contributed by atoms with Crippen molar-refractivity contribution in [3.05, 3.63) is 29.6 Å². The van der Waals surface area contributed by atoms with Crippen molar-refractivity contribution in [3.63, 3.8) is 0 Å².